The van der Waals surface area contributed by atoms with Gasteiger partial charge in [0.1, 0.15) is 0 Å². The highest BCUT2D eigenvalue weighted by atomic mass is 19.4. The van der Waals surface area contributed by atoms with E-state index >= 15 is 0 Å². The lowest BCUT2D eigenvalue weighted by molar-refractivity contribution is -0.137. The van der Waals surface area contributed by atoms with Crippen LogP contribution in [0, 0.1) is 11.8 Å². The number of alkyl halides is 3. The van der Waals surface area contributed by atoms with E-state index < -0.39 is 11.7 Å². The van der Waals surface area contributed by atoms with Crippen molar-refractivity contribution < 1.29 is 18.0 Å². The normalized spacial score (nSPS) is 18.2. The minimum absolute atomic E-state index is 0.213. The number of halogens is 3. The van der Waals surface area contributed by atoms with E-state index in [1.165, 1.54) is 12.5 Å². The molecule has 2 heterocycles. The summed E-state index contributed by atoms with van der Waals surface area (Å²) >= 11 is 0. The van der Waals surface area contributed by atoms with Gasteiger partial charge in [-0.05, 0) is 37.5 Å². The highest BCUT2D eigenvalue weighted by Crippen LogP contribution is 2.29. The number of nitrogens with zero attached hydrogens (tertiary/aromatic N) is 4. The number of benzene rings is 1. The van der Waals surface area contributed by atoms with Gasteiger partial charge >= 0.3 is 6.18 Å². The quantitative estimate of drug-likeness (QED) is 0.437. The molecule has 0 radical (unpaired) electrons. The molecule has 2 aliphatic heterocycles. The van der Waals surface area contributed by atoms with E-state index in [2.05, 4.69) is 31.9 Å². The topological polar surface area (TPSA) is 51.2 Å². The van der Waals surface area contributed by atoms with Crippen molar-refractivity contribution in [2.24, 2.45) is 4.99 Å². The van der Waals surface area contributed by atoms with Crippen LogP contribution in [0.5, 0.6) is 0 Å². The van der Waals surface area contributed by atoms with E-state index in [0.29, 0.717) is 18.1 Å². The third-order valence-electron chi connectivity index (χ3n) is 5.71. The van der Waals surface area contributed by atoms with Crippen molar-refractivity contribution in [3.05, 3.63) is 35.4 Å². The number of guanidine groups is 1. The fraction of sp³-hybridized carbons (Fsp3) is 0.565. The zero-order valence-corrected chi connectivity index (χ0v) is 18.4. The zero-order valence-electron chi connectivity index (χ0n) is 18.4. The molecule has 0 atom stereocenters. The van der Waals surface area contributed by atoms with E-state index in [9.17, 15) is 18.0 Å². The Bertz CT molecular complexity index is 860. The van der Waals surface area contributed by atoms with E-state index in [1.807, 2.05) is 4.90 Å². The van der Waals surface area contributed by atoms with Crippen LogP contribution in [0.1, 0.15) is 30.4 Å². The maximum absolute atomic E-state index is 12.8. The van der Waals surface area contributed by atoms with Crippen LogP contribution >= 0.6 is 0 Å². The third kappa shape index (κ3) is 6.89. The number of amides is 1. The molecule has 0 aromatic heterocycles. The van der Waals surface area contributed by atoms with Crippen molar-refractivity contribution >= 4 is 11.9 Å². The van der Waals surface area contributed by atoms with Crippen molar-refractivity contribution in [2.75, 3.05) is 59.4 Å². The average molecular weight is 450 g/mol. The summed E-state index contributed by atoms with van der Waals surface area (Å²) in [7, 11) is 1.69. The summed E-state index contributed by atoms with van der Waals surface area (Å²) in [5.74, 6) is 6.53. The van der Waals surface area contributed by atoms with Gasteiger partial charge in [-0.25, -0.2) is 0 Å². The van der Waals surface area contributed by atoms with Gasteiger partial charge in [-0.15, -0.1) is 0 Å². The molecule has 2 saturated heterocycles. The number of piperazine rings is 1. The second-order valence-corrected chi connectivity index (χ2v) is 7.99. The molecule has 174 valence electrons. The Morgan fingerprint density at radius 2 is 1.78 bits per heavy atom. The van der Waals surface area contributed by atoms with E-state index in [0.717, 1.165) is 64.2 Å². The van der Waals surface area contributed by atoms with Crippen molar-refractivity contribution in [2.45, 2.75) is 25.4 Å². The van der Waals surface area contributed by atoms with Crippen LogP contribution in [0.3, 0.4) is 0 Å². The molecule has 0 saturated carbocycles. The van der Waals surface area contributed by atoms with Crippen LogP contribution < -0.4 is 5.32 Å². The van der Waals surface area contributed by atoms with E-state index in [1.54, 1.807) is 13.1 Å². The fourth-order valence-electron chi connectivity index (χ4n) is 3.93. The number of aliphatic imine (C=N–C) groups is 1. The van der Waals surface area contributed by atoms with Crippen LogP contribution in [0.25, 0.3) is 0 Å². The molecular formula is C23H30F3N5O. The molecular weight excluding hydrogens is 419 g/mol. The van der Waals surface area contributed by atoms with Crippen LogP contribution in [0.15, 0.2) is 29.3 Å². The molecule has 2 aliphatic rings. The van der Waals surface area contributed by atoms with Crippen LogP contribution in [0.4, 0.5) is 13.2 Å². The average Bonchev–Trinajstić information content (AvgIpc) is 2.80. The van der Waals surface area contributed by atoms with Gasteiger partial charge in [-0.1, -0.05) is 17.9 Å². The van der Waals surface area contributed by atoms with Gasteiger partial charge in [0.15, 0.2) is 5.96 Å². The van der Waals surface area contributed by atoms with Gasteiger partial charge < -0.3 is 15.1 Å². The Morgan fingerprint density at radius 3 is 2.44 bits per heavy atom. The SMILES string of the molecule is CN=C(NCC#Cc1cccc(C(F)(F)F)c1)N1CCN(CC(=O)N2CCCCC2)CC1. The molecule has 1 amide bonds. The molecule has 3 rings (SSSR count). The Balaban J connectivity index is 1.44. The first-order valence-corrected chi connectivity index (χ1v) is 11.0. The number of hydrogen-bond acceptors (Lipinski definition) is 3. The number of nitrogens with one attached hydrogen (secondary N) is 1. The van der Waals surface area contributed by atoms with Gasteiger partial charge in [-0.2, -0.15) is 13.2 Å². The maximum atomic E-state index is 12.8. The molecule has 9 heteroatoms. The van der Waals surface area contributed by atoms with Gasteiger partial charge in [0.05, 0.1) is 18.7 Å². The summed E-state index contributed by atoms with van der Waals surface area (Å²) in [6.07, 6.45) is -0.978. The second kappa shape index (κ2) is 11.2. The largest absolute Gasteiger partial charge is 0.416 e. The third-order valence-corrected chi connectivity index (χ3v) is 5.71. The molecule has 1 aromatic carbocycles. The minimum Gasteiger partial charge on any atom is -0.345 e. The summed E-state index contributed by atoms with van der Waals surface area (Å²) in [5.41, 5.74) is -0.381. The van der Waals surface area contributed by atoms with Crippen molar-refractivity contribution in [1.82, 2.24) is 20.0 Å². The van der Waals surface area contributed by atoms with Crippen molar-refractivity contribution in [3.8, 4) is 11.8 Å². The lowest BCUT2D eigenvalue weighted by Gasteiger charge is -2.37. The minimum atomic E-state index is -4.38. The molecule has 6 nitrogen and oxygen atoms in total. The Labute approximate surface area is 187 Å². The molecule has 0 bridgehead atoms. The van der Waals surface area contributed by atoms with Gasteiger partial charge in [0.2, 0.25) is 5.91 Å². The Hall–Kier alpha value is -2.73. The fourth-order valence-corrected chi connectivity index (χ4v) is 3.93. The molecule has 32 heavy (non-hydrogen) atoms. The Morgan fingerprint density at radius 1 is 1.06 bits per heavy atom. The summed E-state index contributed by atoms with van der Waals surface area (Å²) < 4.78 is 38.4. The second-order valence-electron chi connectivity index (χ2n) is 7.99. The van der Waals surface area contributed by atoms with Crippen molar-refractivity contribution in [3.63, 3.8) is 0 Å². The molecule has 2 fully saturated rings. The molecule has 1 aromatic rings. The zero-order chi connectivity index (χ0) is 23.0. The number of likely N-dealkylation sites (tertiary alicyclic amines) is 1. The summed E-state index contributed by atoms with van der Waals surface area (Å²) in [6.45, 7) is 5.51. The van der Waals surface area contributed by atoms with E-state index in [4.69, 9.17) is 0 Å². The summed E-state index contributed by atoms with van der Waals surface area (Å²) in [5, 5.41) is 3.15. The monoisotopic (exact) mass is 449 g/mol. The number of hydrogen-bond donors (Lipinski definition) is 1. The first-order valence-electron chi connectivity index (χ1n) is 11.0. The Kier molecular flexibility index (Phi) is 8.39. The number of carbonyl (C=O) groups is 1. The smallest absolute Gasteiger partial charge is 0.345 e. The first-order chi connectivity index (χ1) is 15.4. The predicted molar refractivity (Wildman–Crippen MR) is 118 cm³/mol. The van der Waals surface area contributed by atoms with Crippen LogP contribution in [-0.4, -0.2) is 86.0 Å². The summed E-state index contributed by atoms with van der Waals surface area (Å²) in [6, 6.07) is 4.99. The van der Waals surface area contributed by atoms with Crippen molar-refractivity contribution in [1.29, 1.82) is 0 Å². The number of carbonyl (C=O) groups excluding carboxylic acids is 1. The molecule has 0 aliphatic carbocycles. The first kappa shape index (κ1) is 23.9. The van der Waals surface area contributed by atoms with Crippen LogP contribution in [0.2, 0.25) is 0 Å². The number of piperidine rings is 1. The molecule has 0 spiro atoms. The molecule has 1 N–H and O–H groups in total. The lowest BCUT2D eigenvalue weighted by Crippen LogP contribution is -2.54. The highest BCUT2D eigenvalue weighted by molar-refractivity contribution is 5.80. The standard InChI is InChI=1S/C23H30F3N5O/c1-27-22(28-10-6-8-19-7-5-9-20(17-19)23(24,25)26)31-15-13-29(14-16-31)18-21(32)30-11-3-2-4-12-30/h5,7,9,17H,2-4,10-16,18H2,1H3,(H,27,28). The van der Waals surface area contributed by atoms with Gasteiger partial charge in [0, 0.05) is 51.9 Å². The van der Waals surface area contributed by atoms with Gasteiger partial charge in [0.25, 0.3) is 0 Å². The number of rotatable bonds is 3. The lowest BCUT2D eigenvalue weighted by atomic mass is 10.1. The van der Waals surface area contributed by atoms with Crippen LogP contribution in [-0.2, 0) is 11.0 Å². The predicted octanol–water partition coefficient (Wildman–Crippen LogP) is 2.26. The highest BCUT2D eigenvalue weighted by Gasteiger charge is 2.30. The van der Waals surface area contributed by atoms with Gasteiger partial charge in [-0.3, -0.25) is 14.7 Å². The summed E-state index contributed by atoms with van der Waals surface area (Å²) in [4.78, 5) is 23.0. The van der Waals surface area contributed by atoms with E-state index in [-0.39, 0.29) is 12.5 Å². The maximum Gasteiger partial charge on any atom is 0.416 e. The molecule has 0 unspecified atom stereocenters.